The highest BCUT2D eigenvalue weighted by atomic mass is 35.5. The van der Waals surface area contributed by atoms with Gasteiger partial charge in [0.05, 0.1) is 16.8 Å². The SMILES string of the molecule is CCCC(Nc1c(F)cccc1Cl)c1ccc(Cl)cc1. The number of para-hydroxylation sites is 1. The van der Waals surface area contributed by atoms with Gasteiger partial charge >= 0.3 is 0 Å². The van der Waals surface area contributed by atoms with Crippen molar-refractivity contribution in [1.82, 2.24) is 0 Å². The molecule has 0 spiro atoms. The molecule has 1 nitrogen and oxygen atoms in total. The van der Waals surface area contributed by atoms with Crippen LogP contribution in [0.1, 0.15) is 31.4 Å². The van der Waals surface area contributed by atoms with Gasteiger partial charge in [-0.2, -0.15) is 0 Å². The molecule has 1 N–H and O–H groups in total. The van der Waals surface area contributed by atoms with Crippen LogP contribution in [0, 0.1) is 5.82 Å². The molecule has 106 valence electrons. The fraction of sp³-hybridized carbons (Fsp3) is 0.250. The van der Waals surface area contributed by atoms with Crippen molar-refractivity contribution < 1.29 is 4.39 Å². The van der Waals surface area contributed by atoms with E-state index in [1.54, 1.807) is 12.1 Å². The summed E-state index contributed by atoms with van der Waals surface area (Å²) < 4.78 is 13.9. The number of rotatable bonds is 5. The van der Waals surface area contributed by atoms with Gasteiger partial charge in [-0.3, -0.25) is 0 Å². The average Bonchev–Trinajstić information content (AvgIpc) is 2.43. The van der Waals surface area contributed by atoms with Gasteiger partial charge in [-0.1, -0.05) is 54.7 Å². The lowest BCUT2D eigenvalue weighted by Gasteiger charge is -2.21. The Labute approximate surface area is 128 Å². The Bertz CT molecular complexity index is 549. The summed E-state index contributed by atoms with van der Waals surface area (Å²) in [4.78, 5) is 0. The molecule has 2 aromatic rings. The topological polar surface area (TPSA) is 12.0 Å². The maximum absolute atomic E-state index is 13.9. The molecule has 0 aliphatic rings. The van der Waals surface area contributed by atoms with Gasteiger partial charge < -0.3 is 5.32 Å². The van der Waals surface area contributed by atoms with E-state index in [1.807, 2.05) is 24.3 Å². The van der Waals surface area contributed by atoms with Crippen molar-refractivity contribution in [2.45, 2.75) is 25.8 Å². The van der Waals surface area contributed by atoms with Gasteiger partial charge in [0, 0.05) is 5.02 Å². The lowest BCUT2D eigenvalue weighted by molar-refractivity contribution is 0.618. The van der Waals surface area contributed by atoms with Crippen LogP contribution < -0.4 is 5.32 Å². The second-order valence-electron chi connectivity index (χ2n) is 4.63. The van der Waals surface area contributed by atoms with E-state index in [0.29, 0.717) is 15.7 Å². The minimum atomic E-state index is -0.340. The molecule has 0 fully saturated rings. The number of anilines is 1. The predicted octanol–water partition coefficient (Wildman–Crippen LogP) is 6.09. The maximum Gasteiger partial charge on any atom is 0.147 e. The van der Waals surface area contributed by atoms with Crippen molar-refractivity contribution in [3.05, 3.63) is 63.9 Å². The van der Waals surface area contributed by atoms with Gasteiger partial charge in [0.15, 0.2) is 0 Å². The smallest absolute Gasteiger partial charge is 0.147 e. The van der Waals surface area contributed by atoms with Crippen LogP contribution in [0.2, 0.25) is 10.0 Å². The first kappa shape index (κ1) is 15.1. The molecule has 0 saturated heterocycles. The zero-order valence-electron chi connectivity index (χ0n) is 11.2. The van der Waals surface area contributed by atoms with Crippen molar-refractivity contribution in [1.29, 1.82) is 0 Å². The lowest BCUT2D eigenvalue weighted by atomic mass is 10.0. The quantitative estimate of drug-likeness (QED) is 0.705. The molecule has 1 atom stereocenters. The van der Waals surface area contributed by atoms with Crippen LogP contribution in [0.3, 0.4) is 0 Å². The zero-order chi connectivity index (χ0) is 14.5. The van der Waals surface area contributed by atoms with Crippen molar-refractivity contribution in [2.75, 3.05) is 5.32 Å². The fourth-order valence-corrected chi connectivity index (χ4v) is 2.46. The van der Waals surface area contributed by atoms with Crippen molar-refractivity contribution >= 4 is 28.9 Å². The van der Waals surface area contributed by atoms with Crippen LogP contribution >= 0.6 is 23.2 Å². The molecule has 0 bridgehead atoms. The second kappa shape index (κ2) is 6.96. The molecule has 0 aliphatic heterocycles. The first-order valence-electron chi connectivity index (χ1n) is 6.58. The maximum atomic E-state index is 13.9. The molecular formula is C16H16Cl2FN. The van der Waals surface area contributed by atoms with Crippen molar-refractivity contribution in [3.8, 4) is 0 Å². The minimum Gasteiger partial charge on any atom is -0.375 e. The Kier molecular flexibility index (Phi) is 5.27. The molecule has 20 heavy (non-hydrogen) atoms. The number of nitrogens with one attached hydrogen (secondary N) is 1. The van der Waals surface area contributed by atoms with Gasteiger partial charge in [-0.15, -0.1) is 0 Å². The summed E-state index contributed by atoms with van der Waals surface area (Å²) in [5, 5.41) is 4.28. The van der Waals surface area contributed by atoms with E-state index in [1.165, 1.54) is 6.07 Å². The van der Waals surface area contributed by atoms with Gasteiger partial charge in [0.2, 0.25) is 0 Å². The Morgan fingerprint density at radius 3 is 2.40 bits per heavy atom. The predicted molar refractivity (Wildman–Crippen MR) is 84.1 cm³/mol. The van der Waals surface area contributed by atoms with Crippen LogP contribution in [0.15, 0.2) is 42.5 Å². The summed E-state index contributed by atoms with van der Waals surface area (Å²) in [7, 11) is 0. The fourth-order valence-electron chi connectivity index (χ4n) is 2.12. The molecule has 1 unspecified atom stereocenters. The Balaban J connectivity index is 2.28. The largest absolute Gasteiger partial charge is 0.375 e. The summed E-state index contributed by atoms with van der Waals surface area (Å²) >= 11 is 12.0. The first-order chi connectivity index (χ1) is 9.61. The van der Waals surface area contributed by atoms with E-state index in [4.69, 9.17) is 23.2 Å². The summed E-state index contributed by atoms with van der Waals surface area (Å²) in [5.41, 5.74) is 1.41. The summed E-state index contributed by atoms with van der Waals surface area (Å²) in [6, 6.07) is 12.3. The summed E-state index contributed by atoms with van der Waals surface area (Å²) in [6.07, 6.45) is 1.86. The molecule has 0 aromatic heterocycles. The Morgan fingerprint density at radius 1 is 1.10 bits per heavy atom. The lowest BCUT2D eigenvalue weighted by Crippen LogP contribution is -2.12. The molecule has 2 rings (SSSR count). The average molecular weight is 312 g/mol. The zero-order valence-corrected chi connectivity index (χ0v) is 12.7. The summed E-state index contributed by atoms with van der Waals surface area (Å²) in [6.45, 7) is 2.09. The molecule has 2 aromatic carbocycles. The van der Waals surface area contributed by atoms with Crippen LogP contribution in [0.5, 0.6) is 0 Å². The van der Waals surface area contributed by atoms with Crippen molar-refractivity contribution in [3.63, 3.8) is 0 Å². The summed E-state index contributed by atoms with van der Waals surface area (Å²) in [5.74, 6) is -0.340. The minimum absolute atomic E-state index is 0.00617. The molecular weight excluding hydrogens is 296 g/mol. The highest BCUT2D eigenvalue weighted by molar-refractivity contribution is 6.33. The molecule has 0 aliphatic carbocycles. The Hall–Kier alpha value is -1.25. The van der Waals surface area contributed by atoms with E-state index in [0.717, 1.165) is 18.4 Å². The number of halogens is 3. The van der Waals surface area contributed by atoms with Gasteiger partial charge in [0.1, 0.15) is 5.82 Å². The Morgan fingerprint density at radius 2 is 1.80 bits per heavy atom. The normalized spacial score (nSPS) is 12.2. The number of hydrogen-bond donors (Lipinski definition) is 1. The highest BCUT2D eigenvalue weighted by Gasteiger charge is 2.14. The third-order valence-corrected chi connectivity index (χ3v) is 3.70. The standard InChI is InChI=1S/C16H16Cl2FN/c1-2-4-15(11-7-9-12(17)10-8-11)20-16-13(18)5-3-6-14(16)19/h3,5-10,15,20H,2,4H2,1H3. The van der Waals surface area contributed by atoms with Gasteiger partial charge in [-0.05, 0) is 36.2 Å². The molecule has 0 heterocycles. The first-order valence-corrected chi connectivity index (χ1v) is 7.33. The highest BCUT2D eigenvalue weighted by Crippen LogP contribution is 2.31. The van der Waals surface area contributed by atoms with Gasteiger partial charge in [-0.25, -0.2) is 4.39 Å². The third-order valence-electron chi connectivity index (χ3n) is 3.13. The van der Waals surface area contributed by atoms with Crippen LogP contribution in [0.4, 0.5) is 10.1 Å². The second-order valence-corrected chi connectivity index (χ2v) is 5.48. The van der Waals surface area contributed by atoms with Gasteiger partial charge in [0.25, 0.3) is 0 Å². The van der Waals surface area contributed by atoms with E-state index in [-0.39, 0.29) is 11.9 Å². The van der Waals surface area contributed by atoms with Crippen LogP contribution in [0.25, 0.3) is 0 Å². The van der Waals surface area contributed by atoms with E-state index in [9.17, 15) is 4.39 Å². The van der Waals surface area contributed by atoms with Crippen LogP contribution in [-0.2, 0) is 0 Å². The van der Waals surface area contributed by atoms with E-state index in [2.05, 4.69) is 12.2 Å². The number of hydrogen-bond acceptors (Lipinski definition) is 1. The van der Waals surface area contributed by atoms with E-state index >= 15 is 0 Å². The molecule has 0 amide bonds. The molecule has 4 heteroatoms. The molecule has 0 radical (unpaired) electrons. The van der Waals surface area contributed by atoms with Crippen LogP contribution in [-0.4, -0.2) is 0 Å². The third kappa shape index (κ3) is 3.65. The van der Waals surface area contributed by atoms with Crippen molar-refractivity contribution in [2.24, 2.45) is 0 Å². The molecule has 0 saturated carbocycles. The van der Waals surface area contributed by atoms with E-state index < -0.39 is 0 Å². The number of benzene rings is 2. The monoisotopic (exact) mass is 311 g/mol.